The van der Waals surface area contributed by atoms with Gasteiger partial charge in [0.2, 0.25) is 5.91 Å². The molecule has 1 aromatic heterocycles. The minimum Gasteiger partial charge on any atom is -0.358 e. The minimum absolute atomic E-state index is 0.0799. The number of H-pyrrole nitrogens is 1. The summed E-state index contributed by atoms with van der Waals surface area (Å²) in [6.45, 7) is 5.62. The lowest BCUT2D eigenvalue weighted by molar-refractivity contribution is -0.121. The van der Waals surface area contributed by atoms with E-state index < -0.39 is 0 Å². The van der Waals surface area contributed by atoms with Crippen LogP contribution in [0, 0.1) is 13.8 Å². The van der Waals surface area contributed by atoms with Crippen molar-refractivity contribution in [3.8, 4) is 0 Å². The van der Waals surface area contributed by atoms with Gasteiger partial charge in [-0.25, -0.2) is 0 Å². The topological polar surface area (TPSA) is 56.9 Å². The first-order valence-electron chi connectivity index (χ1n) is 8.77. The molecule has 25 heavy (non-hydrogen) atoms. The fraction of sp³-hybridized carbons (Fsp3) is 0.286. The zero-order chi connectivity index (χ0) is 17.4. The first kappa shape index (κ1) is 15.9. The van der Waals surface area contributed by atoms with Gasteiger partial charge in [0.05, 0.1) is 0 Å². The van der Waals surface area contributed by atoms with Gasteiger partial charge in [0.25, 0.3) is 0 Å². The summed E-state index contributed by atoms with van der Waals surface area (Å²) in [5.41, 5.74) is 7.29. The second kappa shape index (κ2) is 6.37. The fourth-order valence-corrected chi connectivity index (χ4v) is 3.64. The summed E-state index contributed by atoms with van der Waals surface area (Å²) in [6, 6.07) is 14.8. The zero-order valence-corrected chi connectivity index (χ0v) is 14.6. The van der Waals surface area contributed by atoms with Gasteiger partial charge in [-0.15, -0.1) is 0 Å². The summed E-state index contributed by atoms with van der Waals surface area (Å²) >= 11 is 0. The van der Waals surface area contributed by atoms with Gasteiger partial charge in [0.15, 0.2) is 0 Å². The van der Waals surface area contributed by atoms with Gasteiger partial charge >= 0.3 is 0 Å². The van der Waals surface area contributed by atoms with Crippen LogP contribution in [0.5, 0.6) is 0 Å². The van der Waals surface area contributed by atoms with E-state index in [0.717, 1.165) is 17.6 Å². The van der Waals surface area contributed by atoms with E-state index in [1.54, 1.807) is 0 Å². The van der Waals surface area contributed by atoms with Crippen LogP contribution in [0.2, 0.25) is 0 Å². The highest BCUT2D eigenvalue weighted by atomic mass is 16.1. The molecular formula is C21H23N3O. The normalized spacial score (nSPS) is 16.2. The van der Waals surface area contributed by atoms with E-state index in [1.165, 1.54) is 27.8 Å². The van der Waals surface area contributed by atoms with Crippen molar-refractivity contribution in [3.05, 3.63) is 70.4 Å². The Balaban J connectivity index is 1.40. The average Bonchev–Trinajstić information content (AvgIpc) is 3.15. The third-order valence-corrected chi connectivity index (χ3v) is 5.22. The number of aromatic nitrogens is 1. The molecule has 2 heterocycles. The van der Waals surface area contributed by atoms with Crippen LogP contribution >= 0.6 is 0 Å². The lowest BCUT2D eigenvalue weighted by atomic mass is 10.0. The maximum absolute atomic E-state index is 12.4. The Labute approximate surface area is 147 Å². The van der Waals surface area contributed by atoms with Crippen molar-refractivity contribution in [1.29, 1.82) is 0 Å². The molecule has 0 bridgehead atoms. The lowest BCUT2D eigenvalue weighted by Gasteiger charge is -2.12. The number of carbonyl (C=O) groups excluding carboxylic acids is 1. The van der Waals surface area contributed by atoms with Crippen molar-refractivity contribution in [2.24, 2.45) is 0 Å². The lowest BCUT2D eigenvalue weighted by Crippen LogP contribution is -2.27. The minimum atomic E-state index is 0.0799. The molecule has 0 aliphatic carbocycles. The van der Waals surface area contributed by atoms with Gasteiger partial charge in [-0.2, -0.15) is 0 Å². The van der Waals surface area contributed by atoms with Crippen molar-refractivity contribution in [2.75, 3.05) is 0 Å². The molecule has 0 radical (unpaired) electrons. The van der Waals surface area contributed by atoms with E-state index in [1.807, 2.05) is 12.1 Å². The van der Waals surface area contributed by atoms with Crippen LogP contribution in [-0.4, -0.2) is 10.9 Å². The highest BCUT2D eigenvalue weighted by Crippen LogP contribution is 2.27. The predicted molar refractivity (Wildman–Crippen MR) is 100 cm³/mol. The highest BCUT2D eigenvalue weighted by molar-refractivity contribution is 5.85. The summed E-state index contributed by atoms with van der Waals surface area (Å²) in [7, 11) is 0. The summed E-state index contributed by atoms with van der Waals surface area (Å²) in [6.07, 6.45) is 0.474. The number of nitrogens with one attached hydrogen (secondary N) is 3. The molecule has 3 aromatic rings. The number of rotatable bonds is 4. The molecule has 4 rings (SSSR count). The number of fused-ring (bicyclic) bond motifs is 2. The Kier molecular flexibility index (Phi) is 4.06. The van der Waals surface area contributed by atoms with Crippen LogP contribution in [0.3, 0.4) is 0 Å². The van der Waals surface area contributed by atoms with Gasteiger partial charge in [0, 0.05) is 42.1 Å². The van der Waals surface area contributed by atoms with E-state index in [-0.39, 0.29) is 11.9 Å². The first-order chi connectivity index (χ1) is 12.1. The van der Waals surface area contributed by atoms with Crippen molar-refractivity contribution < 1.29 is 4.79 Å². The molecule has 1 aliphatic rings. The van der Waals surface area contributed by atoms with E-state index in [0.29, 0.717) is 13.0 Å². The van der Waals surface area contributed by atoms with Gasteiger partial charge in [-0.1, -0.05) is 30.3 Å². The van der Waals surface area contributed by atoms with Crippen LogP contribution in [0.4, 0.5) is 0 Å². The van der Waals surface area contributed by atoms with Crippen molar-refractivity contribution in [3.63, 3.8) is 0 Å². The largest absolute Gasteiger partial charge is 0.358 e. The number of carbonyl (C=O) groups is 1. The molecule has 1 aliphatic heterocycles. The fourth-order valence-electron chi connectivity index (χ4n) is 3.64. The molecule has 0 spiro atoms. The first-order valence-corrected chi connectivity index (χ1v) is 8.77. The SMILES string of the molecule is Cc1[nH]c2ccc(CNC(=O)CC3NCc4ccccc43)cc2c1C. The molecular weight excluding hydrogens is 310 g/mol. The molecule has 3 N–H and O–H groups in total. The van der Waals surface area contributed by atoms with Crippen molar-refractivity contribution in [1.82, 2.24) is 15.6 Å². The molecule has 1 atom stereocenters. The number of aryl methyl sites for hydroxylation is 2. The predicted octanol–water partition coefficient (Wildman–Crippen LogP) is 3.64. The van der Waals surface area contributed by atoms with Gasteiger partial charge in [-0.3, -0.25) is 4.79 Å². The standard InChI is InChI=1S/C21H23N3O/c1-13-14(2)24-19-8-7-15(9-18(13)19)11-23-21(25)10-20-17-6-4-3-5-16(17)12-22-20/h3-9,20,22,24H,10-12H2,1-2H3,(H,23,25). The quantitative estimate of drug-likeness (QED) is 0.683. The van der Waals surface area contributed by atoms with Crippen LogP contribution in [0.25, 0.3) is 10.9 Å². The van der Waals surface area contributed by atoms with Crippen LogP contribution in [0.15, 0.2) is 42.5 Å². The second-order valence-corrected chi connectivity index (χ2v) is 6.87. The number of aromatic amines is 1. The Bertz CT molecular complexity index is 941. The van der Waals surface area contributed by atoms with Crippen molar-refractivity contribution >= 4 is 16.8 Å². The van der Waals surface area contributed by atoms with Crippen LogP contribution < -0.4 is 10.6 Å². The maximum Gasteiger partial charge on any atom is 0.222 e. The average molecular weight is 333 g/mol. The summed E-state index contributed by atoms with van der Waals surface area (Å²) in [5, 5.41) is 7.71. The van der Waals surface area contributed by atoms with Gasteiger partial charge in [-0.05, 0) is 48.2 Å². The van der Waals surface area contributed by atoms with E-state index in [2.05, 4.69) is 59.8 Å². The van der Waals surface area contributed by atoms with E-state index in [9.17, 15) is 4.79 Å². The summed E-state index contributed by atoms with van der Waals surface area (Å²) in [5.74, 6) is 0.0799. The molecule has 1 unspecified atom stereocenters. The molecule has 0 fully saturated rings. The Morgan fingerprint density at radius 1 is 1.20 bits per heavy atom. The van der Waals surface area contributed by atoms with E-state index in [4.69, 9.17) is 0 Å². The van der Waals surface area contributed by atoms with Crippen LogP contribution in [-0.2, 0) is 17.9 Å². The second-order valence-electron chi connectivity index (χ2n) is 6.87. The Morgan fingerprint density at radius 2 is 2.04 bits per heavy atom. The number of hydrogen-bond acceptors (Lipinski definition) is 2. The third-order valence-electron chi connectivity index (χ3n) is 5.22. The smallest absolute Gasteiger partial charge is 0.222 e. The van der Waals surface area contributed by atoms with Crippen LogP contribution in [0.1, 0.15) is 40.4 Å². The Hall–Kier alpha value is -2.59. The highest BCUT2D eigenvalue weighted by Gasteiger charge is 2.23. The van der Waals surface area contributed by atoms with Crippen molar-refractivity contribution in [2.45, 2.75) is 39.4 Å². The molecule has 1 amide bonds. The Morgan fingerprint density at radius 3 is 2.92 bits per heavy atom. The maximum atomic E-state index is 12.4. The number of hydrogen-bond donors (Lipinski definition) is 3. The number of benzene rings is 2. The third kappa shape index (κ3) is 3.05. The number of amides is 1. The zero-order valence-electron chi connectivity index (χ0n) is 14.6. The molecule has 0 saturated carbocycles. The van der Waals surface area contributed by atoms with Gasteiger partial charge in [0.1, 0.15) is 0 Å². The molecule has 4 nitrogen and oxygen atoms in total. The molecule has 4 heteroatoms. The molecule has 0 saturated heterocycles. The summed E-state index contributed by atoms with van der Waals surface area (Å²) < 4.78 is 0. The molecule has 2 aromatic carbocycles. The summed E-state index contributed by atoms with van der Waals surface area (Å²) in [4.78, 5) is 15.7. The monoisotopic (exact) mass is 333 g/mol. The van der Waals surface area contributed by atoms with E-state index >= 15 is 0 Å². The van der Waals surface area contributed by atoms with Gasteiger partial charge < -0.3 is 15.6 Å². The molecule has 128 valence electrons.